The highest BCUT2D eigenvalue weighted by atomic mass is 19.1. The van der Waals surface area contributed by atoms with E-state index in [-0.39, 0.29) is 18.2 Å². The lowest BCUT2D eigenvalue weighted by Gasteiger charge is -2.15. The van der Waals surface area contributed by atoms with Gasteiger partial charge in [-0.3, -0.25) is 14.7 Å². The maximum absolute atomic E-state index is 13.3. The van der Waals surface area contributed by atoms with E-state index >= 15 is 0 Å². The molecule has 2 aliphatic rings. The molecule has 4 rings (SSSR count). The molecule has 1 saturated heterocycles. The number of amides is 1. The number of halogens is 1. The topological polar surface area (TPSA) is 108 Å². The summed E-state index contributed by atoms with van der Waals surface area (Å²) in [4.78, 5) is 28.6. The molecule has 1 atom stereocenters. The van der Waals surface area contributed by atoms with Crippen LogP contribution in [0, 0.1) is 0 Å². The summed E-state index contributed by atoms with van der Waals surface area (Å²) in [5, 5.41) is 9.33. The third-order valence-corrected chi connectivity index (χ3v) is 4.69. The molecule has 28 heavy (non-hydrogen) atoms. The molecule has 1 amide bonds. The van der Waals surface area contributed by atoms with E-state index in [0.29, 0.717) is 48.1 Å². The van der Waals surface area contributed by atoms with E-state index in [0.717, 1.165) is 0 Å². The number of nitrogens with two attached hydrogens (primary N) is 1. The highest BCUT2D eigenvalue weighted by Crippen LogP contribution is 2.24. The minimum absolute atomic E-state index is 0.0185. The van der Waals surface area contributed by atoms with Gasteiger partial charge in [-0.1, -0.05) is 0 Å². The van der Waals surface area contributed by atoms with Crippen molar-refractivity contribution in [2.75, 3.05) is 29.4 Å². The third-order valence-electron chi connectivity index (χ3n) is 4.69. The molecule has 0 aliphatic carbocycles. The number of nitrogens with zero attached hydrogens (tertiary/aromatic N) is 5. The van der Waals surface area contributed by atoms with E-state index in [2.05, 4.69) is 15.0 Å². The molecule has 0 aromatic carbocycles. The van der Waals surface area contributed by atoms with Crippen LogP contribution in [0.2, 0.25) is 0 Å². The van der Waals surface area contributed by atoms with Crippen LogP contribution in [-0.2, 0) is 4.79 Å². The van der Waals surface area contributed by atoms with Gasteiger partial charge in [0.25, 0.3) is 5.91 Å². The number of alkyl halides is 1. The molecular formula is C19H19FN6O2. The van der Waals surface area contributed by atoms with Crippen molar-refractivity contribution in [2.45, 2.75) is 12.6 Å². The Morgan fingerprint density at radius 1 is 1.21 bits per heavy atom. The SMILES string of the molecule is NC1=C(C=Nc2ccc(N3CC[C@H](F)C3)nc2)C(=O)N(c2ccc(O)cn2)C1. The summed E-state index contributed by atoms with van der Waals surface area (Å²) < 4.78 is 13.3. The Labute approximate surface area is 160 Å². The highest BCUT2D eigenvalue weighted by Gasteiger charge is 2.29. The fourth-order valence-electron chi connectivity index (χ4n) is 3.18. The normalized spacial score (nSPS) is 20.0. The van der Waals surface area contributed by atoms with Crippen LogP contribution < -0.4 is 15.5 Å². The van der Waals surface area contributed by atoms with Crippen LogP contribution in [0.5, 0.6) is 5.75 Å². The Balaban J connectivity index is 1.46. The van der Waals surface area contributed by atoms with Gasteiger partial charge in [-0.25, -0.2) is 14.4 Å². The molecule has 0 radical (unpaired) electrons. The summed E-state index contributed by atoms with van der Waals surface area (Å²) >= 11 is 0. The molecule has 0 saturated carbocycles. The third kappa shape index (κ3) is 3.51. The van der Waals surface area contributed by atoms with Gasteiger partial charge in [0.2, 0.25) is 0 Å². The quantitative estimate of drug-likeness (QED) is 0.779. The number of aromatic hydroxyl groups is 1. The molecule has 8 nitrogen and oxygen atoms in total. The fourth-order valence-corrected chi connectivity index (χ4v) is 3.18. The lowest BCUT2D eigenvalue weighted by atomic mass is 10.2. The van der Waals surface area contributed by atoms with Crippen LogP contribution in [0.3, 0.4) is 0 Å². The summed E-state index contributed by atoms with van der Waals surface area (Å²) in [5.41, 5.74) is 7.24. The average molecular weight is 382 g/mol. The zero-order valence-corrected chi connectivity index (χ0v) is 15.0. The van der Waals surface area contributed by atoms with Crippen molar-refractivity contribution in [2.24, 2.45) is 10.7 Å². The molecule has 0 spiro atoms. The molecular weight excluding hydrogens is 363 g/mol. The van der Waals surface area contributed by atoms with E-state index in [1.807, 2.05) is 4.90 Å². The number of aromatic nitrogens is 2. The van der Waals surface area contributed by atoms with Gasteiger partial charge in [0.1, 0.15) is 23.6 Å². The van der Waals surface area contributed by atoms with Crippen molar-refractivity contribution >= 4 is 29.4 Å². The maximum atomic E-state index is 13.3. The lowest BCUT2D eigenvalue weighted by molar-refractivity contribution is -0.114. The summed E-state index contributed by atoms with van der Waals surface area (Å²) in [6, 6.07) is 6.55. The van der Waals surface area contributed by atoms with Crippen molar-refractivity contribution in [3.8, 4) is 5.75 Å². The molecule has 3 N–H and O–H groups in total. The number of carbonyl (C=O) groups is 1. The Hall–Kier alpha value is -3.49. The average Bonchev–Trinajstić information content (AvgIpc) is 3.25. The first-order valence-corrected chi connectivity index (χ1v) is 8.86. The summed E-state index contributed by atoms with van der Waals surface area (Å²) in [6.45, 7) is 1.21. The number of pyridine rings is 2. The summed E-state index contributed by atoms with van der Waals surface area (Å²) in [7, 11) is 0. The maximum Gasteiger partial charge on any atom is 0.263 e. The standard InChI is InChI=1S/C19H19FN6O2/c20-12-5-6-25(10-12)17-3-1-13(7-23-17)22-9-15-16(21)11-26(19(15)28)18-4-2-14(27)8-24-18/h1-4,7-9,12,27H,5-6,10-11,21H2/t12-/m0/s1. The second-order valence-electron chi connectivity index (χ2n) is 6.67. The Morgan fingerprint density at radius 3 is 2.64 bits per heavy atom. The number of rotatable bonds is 4. The van der Waals surface area contributed by atoms with Gasteiger partial charge in [0, 0.05) is 18.5 Å². The minimum Gasteiger partial charge on any atom is -0.506 e. The minimum atomic E-state index is -0.811. The first-order valence-electron chi connectivity index (χ1n) is 8.86. The van der Waals surface area contributed by atoms with Gasteiger partial charge in [-0.2, -0.15) is 0 Å². The van der Waals surface area contributed by atoms with Gasteiger partial charge < -0.3 is 15.7 Å². The Kier molecular flexibility index (Phi) is 4.64. The molecule has 2 aromatic heterocycles. The highest BCUT2D eigenvalue weighted by molar-refractivity contribution is 6.21. The number of carbonyl (C=O) groups excluding carboxylic acids is 1. The van der Waals surface area contributed by atoms with Crippen molar-refractivity contribution in [1.29, 1.82) is 0 Å². The van der Waals surface area contributed by atoms with Crippen molar-refractivity contribution in [1.82, 2.24) is 9.97 Å². The number of hydrogen-bond donors (Lipinski definition) is 2. The largest absolute Gasteiger partial charge is 0.506 e. The van der Waals surface area contributed by atoms with E-state index in [1.165, 1.54) is 23.4 Å². The molecule has 0 bridgehead atoms. The van der Waals surface area contributed by atoms with Gasteiger partial charge >= 0.3 is 0 Å². The van der Waals surface area contributed by atoms with Crippen molar-refractivity contribution in [3.05, 3.63) is 47.9 Å². The van der Waals surface area contributed by atoms with Gasteiger partial charge in [-0.05, 0) is 30.7 Å². The van der Waals surface area contributed by atoms with Gasteiger partial charge in [0.05, 0.1) is 36.7 Å². The Morgan fingerprint density at radius 2 is 2.00 bits per heavy atom. The first-order chi connectivity index (χ1) is 13.5. The molecule has 2 aliphatic heterocycles. The van der Waals surface area contributed by atoms with Crippen LogP contribution >= 0.6 is 0 Å². The number of hydrogen-bond acceptors (Lipinski definition) is 7. The second-order valence-corrected chi connectivity index (χ2v) is 6.67. The molecule has 1 fully saturated rings. The number of aliphatic imine (C=N–C) groups is 1. The molecule has 0 unspecified atom stereocenters. The first kappa shape index (κ1) is 17.9. The van der Waals surface area contributed by atoms with Crippen LogP contribution in [0.1, 0.15) is 6.42 Å². The molecule has 9 heteroatoms. The monoisotopic (exact) mass is 382 g/mol. The van der Waals surface area contributed by atoms with E-state index < -0.39 is 6.17 Å². The Bertz CT molecular complexity index is 942. The van der Waals surface area contributed by atoms with Crippen molar-refractivity contribution in [3.63, 3.8) is 0 Å². The predicted molar refractivity (Wildman–Crippen MR) is 104 cm³/mol. The zero-order chi connectivity index (χ0) is 19.7. The summed E-state index contributed by atoms with van der Waals surface area (Å²) in [5.74, 6) is 0.816. The predicted octanol–water partition coefficient (Wildman–Crippen LogP) is 1.69. The van der Waals surface area contributed by atoms with Crippen LogP contribution in [0.15, 0.2) is 52.9 Å². The number of anilines is 2. The molecule has 2 aromatic rings. The summed E-state index contributed by atoms with van der Waals surface area (Å²) in [6.07, 6.45) is 3.97. The van der Waals surface area contributed by atoms with E-state index in [9.17, 15) is 14.3 Å². The molecule has 4 heterocycles. The lowest BCUT2D eigenvalue weighted by Crippen LogP contribution is -2.28. The smallest absolute Gasteiger partial charge is 0.263 e. The van der Waals surface area contributed by atoms with Gasteiger partial charge in [0.15, 0.2) is 0 Å². The van der Waals surface area contributed by atoms with E-state index in [4.69, 9.17) is 5.73 Å². The van der Waals surface area contributed by atoms with E-state index in [1.54, 1.807) is 24.4 Å². The van der Waals surface area contributed by atoms with Crippen LogP contribution in [0.25, 0.3) is 0 Å². The van der Waals surface area contributed by atoms with Crippen LogP contribution in [0.4, 0.5) is 21.7 Å². The van der Waals surface area contributed by atoms with Gasteiger partial charge in [-0.15, -0.1) is 0 Å². The zero-order valence-electron chi connectivity index (χ0n) is 15.0. The second kappa shape index (κ2) is 7.26. The van der Waals surface area contributed by atoms with Crippen molar-refractivity contribution < 1.29 is 14.3 Å². The van der Waals surface area contributed by atoms with Crippen LogP contribution in [-0.4, -0.2) is 53.0 Å². The molecule has 144 valence electrons. The fraction of sp³-hybridized carbons (Fsp3) is 0.263.